The Morgan fingerprint density at radius 2 is 1.50 bits per heavy atom. The van der Waals surface area contributed by atoms with Crippen molar-refractivity contribution in [2.24, 2.45) is 0 Å². The van der Waals surface area contributed by atoms with E-state index in [2.05, 4.69) is 0 Å². The summed E-state index contributed by atoms with van der Waals surface area (Å²) in [6, 6.07) is 4.81. The molecule has 3 nitrogen and oxygen atoms in total. The number of hydrogen-bond donors (Lipinski definition) is 0. The molecule has 0 saturated carbocycles. The van der Waals surface area contributed by atoms with Gasteiger partial charge in [-0.25, -0.2) is 0 Å². The van der Waals surface area contributed by atoms with Gasteiger partial charge in [0.25, 0.3) is 0 Å². The van der Waals surface area contributed by atoms with Gasteiger partial charge in [0.05, 0.1) is 5.97 Å². The molecule has 0 radical (unpaired) electrons. The molecule has 0 N–H and O–H groups in total. The Morgan fingerprint density at radius 3 is 1.83 bits per heavy atom. The van der Waals surface area contributed by atoms with E-state index >= 15 is 0 Å². The van der Waals surface area contributed by atoms with Crippen LogP contribution in [0.15, 0.2) is 24.3 Å². The molecule has 1 rings (SSSR count). The van der Waals surface area contributed by atoms with E-state index in [1.807, 2.05) is 0 Å². The van der Waals surface area contributed by atoms with Gasteiger partial charge in [0.15, 0.2) is 0 Å². The van der Waals surface area contributed by atoms with Gasteiger partial charge in [-0.2, -0.15) is 0 Å². The van der Waals surface area contributed by atoms with Gasteiger partial charge in [0.2, 0.25) is 0 Å². The predicted octanol–water partition coefficient (Wildman–Crippen LogP) is -6.87. The Balaban J connectivity index is 0. The average Bonchev–Trinajstić information content (AvgIpc) is 1.88. The van der Waals surface area contributed by atoms with Crippen LogP contribution in [0.3, 0.4) is 0 Å². The summed E-state index contributed by atoms with van der Waals surface area (Å²) in [5.41, 5.74) is 0.0274. The number of carboxylic acids is 1. The van der Waals surface area contributed by atoms with Crippen molar-refractivity contribution < 1.29 is 74.1 Å². The zero-order valence-corrected chi connectivity index (χ0v) is 11.0. The standard InChI is InChI=1S/C7H6O3.2Na/c8-6-3-1-5(2-4-6)7(9)10;;/h1-4,8H,(H,9,10);;/q;2*+1/p-2. The molecule has 5 heteroatoms. The molecule has 0 atom stereocenters. The molecule has 0 saturated heterocycles. The SMILES string of the molecule is O=C([O-])c1ccc([O-])cc1.[Na+].[Na+]. The van der Waals surface area contributed by atoms with Crippen LogP contribution in [-0.4, -0.2) is 5.97 Å². The molecular formula is C7H4Na2O3. The minimum absolute atomic E-state index is 0. The molecule has 0 spiro atoms. The minimum atomic E-state index is -1.26. The summed E-state index contributed by atoms with van der Waals surface area (Å²) < 4.78 is 0. The van der Waals surface area contributed by atoms with Crippen molar-refractivity contribution in [2.75, 3.05) is 0 Å². The van der Waals surface area contributed by atoms with Crippen molar-refractivity contribution in [1.82, 2.24) is 0 Å². The van der Waals surface area contributed by atoms with Crippen LogP contribution in [0.2, 0.25) is 0 Å². The number of hydrogen-bond acceptors (Lipinski definition) is 3. The largest absolute Gasteiger partial charge is 1.00 e. The van der Waals surface area contributed by atoms with Crippen molar-refractivity contribution in [3.05, 3.63) is 29.8 Å². The zero-order chi connectivity index (χ0) is 7.56. The van der Waals surface area contributed by atoms with E-state index in [0.29, 0.717) is 0 Å². The summed E-state index contributed by atoms with van der Waals surface area (Å²) in [6.45, 7) is 0. The maximum absolute atomic E-state index is 10.4. The molecule has 1 aromatic rings. The van der Waals surface area contributed by atoms with Crippen LogP contribution in [-0.2, 0) is 0 Å². The number of carbonyl (C=O) groups excluding carboxylic acids is 1. The first-order chi connectivity index (χ1) is 4.70. The third-order valence-electron chi connectivity index (χ3n) is 1.09. The maximum atomic E-state index is 10.4. The summed E-state index contributed by atoms with van der Waals surface area (Å²) in [5, 5.41) is 20.5. The van der Waals surface area contributed by atoms with Gasteiger partial charge in [-0.3, -0.25) is 0 Å². The molecule has 1 aromatic carbocycles. The Bertz CT molecular complexity index is 245. The smallest absolute Gasteiger partial charge is 0.872 e. The Morgan fingerprint density at radius 1 is 1.08 bits per heavy atom. The Kier molecular flexibility index (Phi) is 8.68. The van der Waals surface area contributed by atoms with Crippen LogP contribution in [0.1, 0.15) is 10.4 Å². The normalized spacial score (nSPS) is 7.67. The van der Waals surface area contributed by atoms with Gasteiger partial charge < -0.3 is 15.0 Å². The van der Waals surface area contributed by atoms with Gasteiger partial charge in [-0.1, -0.05) is 24.3 Å². The number of carboxylic acid groups (broad SMARTS) is 1. The van der Waals surface area contributed by atoms with E-state index < -0.39 is 5.97 Å². The third kappa shape index (κ3) is 4.50. The van der Waals surface area contributed by atoms with Gasteiger partial charge in [-0.15, -0.1) is 5.75 Å². The molecule has 0 aromatic heterocycles. The van der Waals surface area contributed by atoms with Crippen molar-refractivity contribution in [3.63, 3.8) is 0 Å². The molecule has 0 aliphatic rings. The first-order valence-electron chi connectivity index (χ1n) is 2.68. The fourth-order valence-corrected chi connectivity index (χ4v) is 0.591. The second-order valence-corrected chi connectivity index (χ2v) is 1.81. The Labute approximate surface area is 114 Å². The monoisotopic (exact) mass is 182 g/mol. The first kappa shape index (κ1) is 15.0. The second-order valence-electron chi connectivity index (χ2n) is 1.81. The summed E-state index contributed by atoms with van der Waals surface area (Å²) in [5.74, 6) is -1.47. The molecule has 0 aliphatic carbocycles. The minimum Gasteiger partial charge on any atom is -0.872 e. The second kappa shape index (κ2) is 6.95. The van der Waals surface area contributed by atoms with Crippen LogP contribution in [0, 0.1) is 0 Å². The van der Waals surface area contributed by atoms with Crippen LogP contribution in [0.4, 0.5) is 0 Å². The molecule has 12 heavy (non-hydrogen) atoms. The number of aromatic carboxylic acids is 1. The van der Waals surface area contributed by atoms with Gasteiger partial charge in [-0.05, 0) is 5.56 Å². The molecule has 0 bridgehead atoms. The van der Waals surface area contributed by atoms with E-state index in [1.165, 1.54) is 24.3 Å². The topological polar surface area (TPSA) is 63.2 Å². The first-order valence-corrected chi connectivity index (χ1v) is 2.68. The van der Waals surface area contributed by atoms with Gasteiger partial charge in [0.1, 0.15) is 0 Å². The van der Waals surface area contributed by atoms with E-state index in [0.717, 1.165) is 0 Å². The Hall–Kier alpha value is 0.490. The summed E-state index contributed by atoms with van der Waals surface area (Å²) in [4.78, 5) is 10.1. The van der Waals surface area contributed by atoms with Crippen LogP contribution in [0.5, 0.6) is 5.75 Å². The van der Waals surface area contributed by atoms with Gasteiger partial charge >= 0.3 is 59.1 Å². The van der Waals surface area contributed by atoms with Crippen LogP contribution < -0.4 is 69.3 Å². The molecular weight excluding hydrogens is 178 g/mol. The van der Waals surface area contributed by atoms with Gasteiger partial charge in [0, 0.05) is 0 Å². The van der Waals surface area contributed by atoms with E-state index in [1.54, 1.807) is 0 Å². The zero-order valence-electron chi connectivity index (χ0n) is 7.03. The molecule has 0 amide bonds. The number of benzene rings is 1. The van der Waals surface area contributed by atoms with E-state index in [-0.39, 0.29) is 70.4 Å². The predicted molar refractivity (Wildman–Crippen MR) is 30.2 cm³/mol. The average molecular weight is 182 g/mol. The number of carbonyl (C=O) groups is 1. The number of rotatable bonds is 1. The van der Waals surface area contributed by atoms with Crippen molar-refractivity contribution >= 4 is 5.97 Å². The van der Waals surface area contributed by atoms with Crippen molar-refractivity contribution in [2.45, 2.75) is 0 Å². The van der Waals surface area contributed by atoms with Crippen molar-refractivity contribution in [1.29, 1.82) is 0 Å². The van der Waals surface area contributed by atoms with Crippen LogP contribution >= 0.6 is 0 Å². The fourth-order valence-electron chi connectivity index (χ4n) is 0.591. The third-order valence-corrected chi connectivity index (χ3v) is 1.09. The fraction of sp³-hybridized carbons (Fsp3) is 0. The summed E-state index contributed by atoms with van der Waals surface area (Å²) in [6.07, 6.45) is 0. The van der Waals surface area contributed by atoms with E-state index in [9.17, 15) is 15.0 Å². The molecule has 0 fully saturated rings. The van der Waals surface area contributed by atoms with Crippen LogP contribution in [0.25, 0.3) is 0 Å². The molecule has 0 heterocycles. The summed E-state index contributed by atoms with van der Waals surface area (Å²) >= 11 is 0. The van der Waals surface area contributed by atoms with E-state index in [4.69, 9.17) is 0 Å². The van der Waals surface area contributed by atoms with Crippen molar-refractivity contribution in [3.8, 4) is 5.75 Å². The molecule has 52 valence electrons. The summed E-state index contributed by atoms with van der Waals surface area (Å²) in [7, 11) is 0. The quantitative estimate of drug-likeness (QED) is 0.405. The molecule has 0 aliphatic heterocycles. The molecule has 0 unspecified atom stereocenters. The maximum Gasteiger partial charge on any atom is 1.00 e.